The molecule has 4 heteroatoms. The van der Waals surface area contributed by atoms with Crippen molar-refractivity contribution in [3.05, 3.63) is 60.8 Å². The number of carboxylic acid groups (broad SMARTS) is 1. The van der Waals surface area contributed by atoms with E-state index in [4.69, 9.17) is 9.84 Å². The summed E-state index contributed by atoms with van der Waals surface area (Å²) in [5.41, 5.74) is 0. The van der Waals surface area contributed by atoms with Crippen LogP contribution >= 0.6 is 0 Å². The lowest BCUT2D eigenvalue weighted by atomic mass is 10.0. The van der Waals surface area contributed by atoms with Crippen LogP contribution in [0.3, 0.4) is 0 Å². The summed E-state index contributed by atoms with van der Waals surface area (Å²) in [6, 6.07) is 0. The fraction of sp³-hybridized carbons (Fsp3) is 0.727. The van der Waals surface area contributed by atoms with Crippen LogP contribution in [0.1, 0.15) is 200 Å². The molecule has 0 radical (unpaired) electrons. The van der Waals surface area contributed by atoms with E-state index in [0.717, 1.165) is 103 Å². The van der Waals surface area contributed by atoms with Crippen LogP contribution in [0.5, 0.6) is 0 Å². The number of esters is 1. The number of allylic oxidation sites excluding steroid dienone is 10. The average Bonchev–Trinajstić information content (AvgIpc) is 3.07. The van der Waals surface area contributed by atoms with Crippen molar-refractivity contribution in [2.45, 2.75) is 206 Å². The summed E-state index contributed by atoms with van der Waals surface area (Å²) in [7, 11) is 0. The van der Waals surface area contributed by atoms with E-state index in [1.807, 2.05) is 0 Å². The summed E-state index contributed by atoms with van der Waals surface area (Å²) in [4.78, 5) is 23.3. The predicted molar refractivity (Wildman–Crippen MR) is 208 cm³/mol. The summed E-state index contributed by atoms with van der Waals surface area (Å²) in [5, 5.41) is 8.77. The lowest BCUT2D eigenvalue weighted by Crippen LogP contribution is -2.18. The van der Waals surface area contributed by atoms with Crippen LogP contribution in [0.4, 0.5) is 0 Å². The van der Waals surface area contributed by atoms with Crippen LogP contribution in [0.25, 0.3) is 0 Å². The van der Waals surface area contributed by atoms with Gasteiger partial charge in [-0.05, 0) is 83.5 Å². The fourth-order valence-electron chi connectivity index (χ4n) is 5.80. The highest BCUT2D eigenvalue weighted by Crippen LogP contribution is 2.19. The van der Waals surface area contributed by atoms with E-state index < -0.39 is 5.97 Å². The van der Waals surface area contributed by atoms with E-state index in [1.165, 1.54) is 70.6 Å². The van der Waals surface area contributed by atoms with Crippen molar-refractivity contribution in [3.63, 3.8) is 0 Å². The zero-order valence-electron chi connectivity index (χ0n) is 31.5. The molecule has 0 rings (SSSR count). The average molecular weight is 669 g/mol. The zero-order valence-corrected chi connectivity index (χ0v) is 31.5. The summed E-state index contributed by atoms with van der Waals surface area (Å²) in [5.74, 6) is -0.701. The van der Waals surface area contributed by atoms with Crippen molar-refractivity contribution in [2.24, 2.45) is 0 Å². The molecule has 0 bridgehead atoms. The molecule has 0 saturated carbocycles. The Balaban J connectivity index is 4.11. The molecule has 0 saturated heterocycles. The smallest absolute Gasteiger partial charge is 0.306 e. The number of aliphatic carboxylic acids is 1. The van der Waals surface area contributed by atoms with Gasteiger partial charge in [-0.3, -0.25) is 9.59 Å². The third-order valence-corrected chi connectivity index (χ3v) is 8.75. The Hall–Kier alpha value is -2.36. The maximum atomic E-state index is 12.7. The first-order valence-corrected chi connectivity index (χ1v) is 20.3. The minimum absolute atomic E-state index is 0.00997. The monoisotopic (exact) mass is 669 g/mol. The second-order valence-corrected chi connectivity index (χ2v) is 13.4. The van der Waals surface area contributed by atoms with Crippen LogP contribution in [-0.2, 0) is 14.3 Å². The molecule has 0 aliphatic rings. The van der Waals surface area contributed by atoms with Gasteiger partial charge in [0.15, 0.2) is 0 Å². The SMILES string of the molecule is CC/C=C\C/C=C\C/C=C\C/C=C\C/C=C\CCCCCC(=O)OC(CCCCCCCCCCC)CCCCCCCCCC(=O)O. The number of unbranched alkanes of at least 4 members (excludes halogenated alkanes) is 17. The molecule has 0 fully saturated rings. The Morgan fingerprint density at radius 3 is 1.35 bits per heavy atom. The molecular formula is C44H76O4. The molecule has 0 aromatic heterocycles. The number of carbonyl (C=O) groups excluding carboxylic acids is 1. The van der Waals surface area contributed by atoms with Crippen molar-refractivity contribution in [2.75, 3.05) is 0 Å². The van der Waals surface area contributed by atoms with Crippen molar-refractivity contribution in [1.29, 1.82) is 0 Å². The van der Waals surface area contributed by atoms with Crippen LogP contribution < -0.4 is 0 Å². The summed E-state index contributed by atoms with van der Waals surface area (Å²) < 4.78 is 6.02. The second-order valence-electron chi connectivity index (χ2n) is 13.4. The summed E-state index contributed by atoms with van der Waals surface area (Å²) in [6.07, 6.45) is 53.8. The maximum absolute atomic E-state index is 12.7. The van der Waals surface area contributed by atoms with E-state index in [9.17, 15) is 9.59 Å². The van der Waals surface area contributed by atoms with Gasteiger partial charge in [0.25, 0.3) is 0 Å². The fourth-order valence-corrected chi connectivity index (χ4v) is 5.80. The van der Waals surface area contributed by atoms with E-state index in [1.54, 1.807) is 0 Å². The van der Waals surface area contributed by atoms with Crippen LogP contribution in [0, 0.1) is 0 Å². The lowest BCUT2D eigenvalue weighted by Gasteiger charge is -2.18. The highest BCUT2D eigenvalue weighted by molar-refractivity contribution is 5.69. The number of carbonyl (C=O) groups is 2. The number of ether oxygens (including phenoxy) is 1. The van der Waals surface area contributed by atoms with Crippen molar-refractivity contribution >= 4 is 11.9 Å². The normalized spacial score (nSPS) is 12.9. The molecular weight excluding hydrogens is 592 g/mol. The van der Waals surface area contributed by atoms with Crippen molar-refractivity contribution < 1.29 is 19.4 Å². The van der Waals surface area contributed by atoms with Gasteiger partial charge in [-0.25, -0.2) is 0 Å². The Kier molecular flexibility index (Phi) is 37.2. The number of carboxylic acids is 1. The van der Waals surface area contributed by atoms with Gasteiger partial charge in [0, 0.05) is 12.8 Å². The Morgan fingerprint density at radius 1 is 0.479 bits per heavy atom. The first kappa shape index (κ1) is 45.6. The van der Waals surface area contributed by atoms with Gasteiger partial charge in [0.05, 0.1) is 0 Å². The molecule has 1 unspecified atom stereocenters. The topological polar surface area (TPSA) is 63.6 Å². The first-order chi connectivity index (χ1) is 23.6. The van der Waals surface area contributed by atoms with Gasteiger partial charge in [0.1, 0.15) is 6.10 Å². The molecule has 48 heavy (non-hydrogen) atoms. The van der Waals surface area contributed by atoms with Crippen LogP contribution in [-0.4, -0.2) is 23.1 Å². The minimum Gasteiger partial charge on any atom is -0.481 e. The number of hydrogen-bond donors (Lipinski definition) is 1. The molecule has 0 heterocycles. The molecule has 0 aromatic rings. The molecule has 4 nitrogen and oxygen atoms in total. The number of hydrogen-bond acceptors (Lipinski definition) is 3. The second kappa shape index (κ2) is 39.1. The molecule has 0 spiro atoms. The summed E-state index contributed by atoms with van der Waals surface area (Å²) in [6.45, 7) is 4.43. The summed E-state index contributed by atoms with van der Waals surface area (Å²) >= 11 is 0. The van der Waals surface area contributed by atoms with E-state index in [-0.39, 0.29) is 18.5 Å². The van der Waals surface area contributed by atoms with Gasteiger partial charge in [-0.2, -0.15) is 0 Å². The van der Waals surface area contributed by atoms with Gasteiger partial charge >= 0.3 is 11.9 Å². The highest BCUT2D eigenvalue weighted by atomic mass is 16.5. The number of rotatable bonds is 36. The van der Waals surface area contributed by atoms with Gasteiger partial charge in [0.2, 0.25) is 0 Å². The van der Waals surface area contributed by atoms with Gasteiger partial charge < -0.3 is 9.84 Å². The van der Waals surface area contributed by atoms with E-state index in [0.29, 0.717) is 6.42 Å². The molecule has 0 aliphatic carbocycles. The molecule has 0 amide bonds. The largest absolute Gasteiger partial charge is 0.481 e. The standard InChI is InChI=1S/C44H76O4/c1-3-5-7-9-11-13-14-15-16-17-18-19-20-21-22-24-29-33-37-41-44(47)48-42(38-34-30-26-23-12-10-8-6-4-2)39-35-31-27-25-28-32-36-40-43(45)46/h5,7,11,13,15-16,18-19,21-22,42H,3-4,6,8-10,12,14,17,20,23-41H2,1-2H3,(H,45,46)/b7-5-,13-11-,16-15-,19-18-,22-21-. The van der Waals surface area contributed by atoms with Crippen molar-refractivity contribution in [1.82, 2.24) is 0 Å². The first-order valence-electron chi connectivity index (χ1n) is 20.3. The Labute approximate surface area is 297 Å². The van der Waals surface area contributed by atoms with Gasteiger partial charge in [-0.15, -0.1) is 0 Å². The highest BCUT2D eigenvalue weighted by Gasteiger charge is 2.14. The predicted octanol–water partition coefficient (Wildman–Crippen LogP) is 14.1. The van der Waals surface area contributed by atoms with E-state index in [2.05, 4.69) is 74.6 Å². The van der Waals surface area contributed by atoms with Crippen LogP contribution in [0.15, 0.2) is 60.8 Å². The third kappa shape index (κ3) is 38.1. The zero-order chi connectivity index (χ0) is 35.0. The van der Waals surface area contributed by atoms with Crippen molar-refractivity contribution in [3.8, 4) is 0 Å². The third-order valence-electron chi connectivity index (χ3n) is 8.75. The van der Waals surface area contributed by atoms with Gasteiger partial charge in [-0.1, -0.05) is 164 Å². The lowest BCUT2D eigenvalue weighted by molar-refractivity contribution is -0.150. The quantitative estimate of drug-likeness (QED) is 0.0410. The Morgan fingerprint density at radius 2 is 0.875 bits per heavy atom. The maximum Gasteiger partial charge on any atom is 0.306 e. The van der Waals surface area contributed by atoms with Crippen LogP contribution in [0.2, 0.25) is 0 Å². The minimum atomic E-state index is -0.691. The molecule has 1 atom stereocenters. The molecule has 276 valence electrons. The molecule has 1 N–H and O–H groups in total. The Bertz CT molecular complexity index is 850. The van der Waals surface area contributed by atoms with E-state index >= 15 is 0 Å². The molecule has 0 aliphatic heterocycles. The molecule has 0 aromatic carbocycles.